The minimum atomic E-state index is 0.346. The summed E-state index contributed by atoms with van der Waals surface area (Å²) in [5.74, 6) is 1.22. The molecule has 13 heavy (non-hydrogen) atoms. The second-order valence-corrected chi connectivity index (χ2v) is 2.88. The lowest BCUT2D eigenvalue weighted by Crippen LogP contribution is -2.00. The zero-order valence-electron chi connectivity index (χ0n) is 6.67. The molecule has 0 spiro atoms. The Hall–Kier alpha value is -1.49. The van der Waals surface area contributed by atoms with Gasteiger partial charge in [-0.1, -0.05) is 0 Å². The minimum absolute atomic E-state index is 0.346. The van der Waals surface area contributed by atoms with Crippen LogP contribution in [0.15, 0.2) is 23.8 Å². The van der Waals surface area contributed by atoms with Gasteiger partial charge in [-0.2, -0.15) is 4.98 Å². The molecule has 2 aromatic rings. The first-order chi connectivity index (χ1) is 6.45. The Morgan fingerprint density at radius 2 is 2.23 bits per heavy atom. The molecule has 0 saturated heterocycles. The molecule has 0 aromatic carbocycles. The van der Waals surface area contributed by atoms with E-state index in [9.17, 15) is 0 Å². The van der Waals surface area contributed by atoms with Crippen LogP contribution in [0, 0.1) is 5.51 Å². The van der Waals surface area contributed by atoms with Gasteiger partial charge in [0, 0.05) is 12.4 Å². The quantitative estimate of drug-likeness (QED) is 0.735. The molecule has 0 atom stereocenters. The Labute approximate surface area is 79.3 Å². The Morgan fingerprint density at radius 3 is 2.92 bits per heavy atom. The van der Waals surface area contributed by atoms with Crippen LogP contribution in [-0.2, 0) is 6.61 Å². The molecule has 4 nitrogen and oxygen atoms in total. The fourth-order valence-corrected chi connectivity index (χ4v) is 1.20. The van der Waals surface area contributed by atoms with Crippen LogP contribution in [0.2, 0.25) is 0 Å². The summed E-state index contributed by atoms with van der Waals surface area (Å²) >= 11 is 1.37. The molecule has 0 aliphatic rings. The van der Waals surface area contributed by atoms with Crippen molar-refractivity contribution < 1.29 is 4.74 Å². The van der Waals surface area contributed by atoms with E-state index in [1.54, 1.807) is 23.8 Å². The van der Waals surface area contributed by atoms with Gasteiger partial charge in [0.2, 0.25) is 5.88 Å². The SMILES string of the molecule is [c]1nc(OCc2ncccn2)cs1. The van der Waals surface area contributed by atoms with Gasteiger partial charge < -0.3 is 4.74 Å². The van der Waals surface area contributed by atoms with Crippen LogP contribution in [0.25, 0.3) is 0 Å². The fourth-order valence-electron chi connectivity index (χ4n) is 0.784. The van der Waals surface area contributed by atoms with Gasteiger partial charge in [-0.3, -0.25) is 0 Å². The molecule has 0 aliphatic carbocycles. The van der Waals surface area contributed by atoms with Crippen LogP contribution >= 0.6 is 11.3 Å². The summed E-state index contributed by atoms with van der Waals surface area (Å²) < 4.78 is 5.28. The summed E-state index contributed by atoms with van der Waals surface area (Å²) in [6, 6.07) is 1.76. The third-order valence-corrected chi connectivity index (χ3v) is 1.85. The van der Waals surface area contributed by atoms with E-state index in [0.717, 1.165) is 0 Å². The van der Waals surface area contributed by atoms with Gasteiger partial charge in [-0.15, -0.1) is 11.3 Å². The number of hydrogen-bond acceptors (Lipinski definition) is 5. The molecule has 1 radical (unpaired) electrons. The van der Waals surface area contributed by atoms with Gasteiger partial charge in [0.15, 0.2) is 11.3 Å². The first kappa shape index (κ1) is 8.12. The molecule has 0 unspecified atom stereocenters. The van der Waals surface area contributed by atoms with Crippen LogP contribution in [0.5, 0.6) is 5.88 Å². The van der Waals surface area contributed by atoms with E-state index >= 15 is 0 Å². The summed E-state index contributed by atoms with van der Waals surface area (Å²) in [5.41, 5.74) is 2.69. The van der Waals surface area contributed by atoms with E-state index in [-0.39, 0.29) is 0 Å². The van der Waals surface area contributed by atoms with E-state index in [1.165, 1.54) is 11.3 Å². The lowest BCUT2D eigenvalue weighted by molar-refractivity contribution is 0.286. The highest BCUT2D eigenvalue weighted by atomic mass is 32.1. The summed E-state index contributed by atoms with van der Waals surface area (Å²) in [5, 5.41) is 1.78. The summed E-state index contributed by atoms with van der Waals surface area (Å²) in [4.78, 5) is 11.9. The smallest absolute Gasteiger partial charge is 0.225 e. The molecular formula is C8H6N3OS. The van der Waals surface area contributed by atoms with Gasteiger partial charge in [0.25, 0.3) is 0 Å². The number of aromatic nitrogens is 3. The summed E-state index contributed by atoms with van der Waals surface area (Å²) in [7, 11) is 0. The van der Waals surface area contributed by atoms with Crippen molar-refractivity contribution in [2.24, 2.45) is 0 Å². The third-order valence-electron chi connectivity index (χ3n) is 1.34. The van der Waals surface area contributed by atoms with Crippen molar-refractivity contribution in [2.75, 3.05) is 0 Å². The van der Waals surface area contributed by atoms with E-state index in [4.69, 9.17) is 4.74 Å². The Kier molecular flexibility index (Phi) is 2.47. The molecule has 0 fully saturated rings. The van der Waals surface area contributed by atoms with Crippen LogP contribution in [0.1, 0.15) is 5.82 Å². The maximum Gasteiger partial charge on any atom is 0.225 e. The van der Waals surface area contributed by atoms with E-state index in [0.29, 0.717) is 18.3 Å². The maximum absolute atomic E-state index is 5.28. The van der Waals surface area contributed by atoms with Gasteiger partial charge in [0.1, 0.15) is 6.61 Å². The molecular weight excluding hydrogens is 186 g/mol. The van der Waals surface area contributed by atoms with Crippen molar-refractivity contribution in [3.8, 4) is 5.88 Å². The second-order valence-electron chi connectivity index (χ2n) is 2.23. The van der Waals surface area contributed by atoms with Gasteiger partial charge >= 0.3 is 0 Å². The maximum atomic E-state index is 5.28. The Bertz CT molecular complexity index is 349. The molecule has 2 heterocycles. The lowest BCUT2D eigenvalue weighted by Gasteiger charge is -1.99. The van der Waals surface area contributed by atoms with Crippen molar-refractivity contribution in [1.29, 1.82) is 0 Å². The molecule has 5 heteroatoms. The molecule has 0 saturated carbocycles. The average Bonchev–Trinajstić information content (AvgIpc) is 2.69. The standard InChI is InChI=1S/C8H6N3OS/c1-2-9-7(10-3-1)4-12-8-5-13-6-11-8/h1-3,5H,4H2. The van der Waals surface area contributed by atoms with Gasteiger partial charge in [-0.05, 0) is 6.07 Å². The van der Waals surface area contributed by atoms with E-state index in [2.05, 4.69) is 20.5 Å². The highest BCUT2D eigenvalue weighted by Gasteiger charge is 1.97. The number of nitrogens with zero attached hydrogens (tertiary/aromatic N) is 3. The number of ether oxygens (including phenoxy) is 1. The average molecular weight is 192 g/mol. The third kappa shape index (κ3) is 2.22. The first-order valence-electron chi connectivity index (χ1n) is 3.65. The van der Waals surface area contributed by atoms with Crippen molar-refractivity contribution in [3.63, 3.8) is 0 Å². The molecule has 2 rings (SSSR count). The molecule has 0 bridgehead atoms. The summed E-state index contributed by atoms with van der Waals surface area (Å²) in [6.45, 7) is 0.346. The molecule has 0 amide bonds. The summed E-state index contributed by atoms with van der Waals surface area (Å²) in [6.07, 6.45) is 3.36. The van der Waals surface area contributed by atoms with Crippen molar-refractivity contribution >= 4 is 11.3 Å². The molecule has 0 N–H and O–H groups in total. The molecule has 0 aliphatic heterocycles. The van der Waals surface area contributed by atoms with Crippen LogP contribution in [0.4, 0.5) is 0 Å². The van der Waals surface area contributed by atoms with Crippen molar-refractivity contribution in [1.82, 2.24) is 15.0 Å². The highest BCUT2D eigenvalue weighted by Crippen LogP contribution is 2.09. The first-order valence-corrected chi connectivity index (χ1v) is 4.53. The number of hydrogen-bond donors (Lipinski definition) is 0. The van der Waals surface area contributed by atoms with Crippen LogP contribution < -0.4 is 4.74 Å². The zero-order chi connectivity index (χ0) is 8.93. The van der Waals surface area contributed by atoms with Crippen molar-refractivity contribution in [2.45, 2.75) is 6.61 Å². The largest absolute Gasteiger partial charge is 0.469 e. The van der Waals surface area contributed by atoms with Crippen molar-refractivity contribution in [3.05, 3.63) is 35.2 Å². The Morgan fingerprint density at radius 1 is 1.38 bits per heavy atom. The lowest BCUT2D eigenvalue weighted by atomic mass is 10.6. The normalized spacial score (nSPS) is 9.85. The fraction of sp³-hybridized carbons (Fsp3) is 0.125. The van der Waals surface area contributed by atoms with E-state index in [1.807, 2.05) is 0 Å². The molecule has 2 aromatic heterocycles. The van der Waals surface area contributed by atoms with E-state index < -0.39 is 0 Å². The predicted molar refractivity (Wildman–Crippen MR) is 47.3 cm³/mol. The van der Waals surface area contributed by atoms with Gasteiger partial charge in [-0.25, -0.2) is 9.97 Å². The molecule has 65 valence electrons. The second kappa shape index (κ2) is 3.95. The Balaban J connectivity index is 1.94. The highest BCUT2D eigenvalue weighted by molar-refractivity contribution is 7.07. The minimum Gasteiger partial charge on any atom is -0.469 e. The predicted octanol–water partition coefficient (Wildman–Crippen LogP) is 1.31. The van der Waals surface area contributed by atoms with Crippen LogP contribution in [0.3, 0.4) is 0 Å². The van der Waals surface area contributed by atoms with Crippen LogP contribution in [-0.4, -0.2) is 15.0 Å². The van der Waals surface area contributed by atoms with Gasteiger partial charge in [0.05, 0.1) is 5.38 Å². The zero-order valence-corrected chi connectivity index (χ0v) is 7.49. The topological polar surface area (TPSA) is 47.9 Å². The number of rotatable bonds is 3. The number of thiazole rings is 1. The monoisotopic (exact) mass is 192 g/mol.